The van der Waals surface area contributed by atoms with E-state index in [9.17, 15) is 10.1 Å². The molecule has 0 spiro atoms. The fourth-order valence-corrected chi connectivity index (χ4v) is 2.17. The zero-order valence-corrected chi connectivity index (χ0v) is 10.5. The van der Waals surface area contributed by atoms with Gasteiger partial charge in [-0.25, -0.2) is 4.98 Å². The molecule has 0 atom stereocenters. The number of H-pyrrole nitrogens is 1. The predicted molar refractivity (Wildman–Crippen MR) is 73.5 cm³/mol. The van der Waals surface area contributed by atoms with Gasteiger partial charge in [0, 0.05) is 10.9 Å². The van der Waals surface area contributed by atoms with Gasteiger partial charge in [0.25, 0.3) is 0 Å². The summed E-state index contributed by atoms with van der Waals surface area (Å²) in [5, 5.41) is 19.6. The Hall–Kier alpha value is -3.29. The van der Waals surface area contributed by atoms with Crippen LogP contribution in [-0.2, 0) is 0 Å². The van der Waals surface area contributed by atoms with Crippen molar-refractivity contribution in [3.63, 3.8) is 0 Å². The van der Waals surface area contributed by atoms with Crippen molar-refractivity contribution in [3.8, 4) is 11.6 Å². The molecule has 0 saturated carbocycles. The van der Waals surface area contributed by atoms with Crippen LogP contribution in [0.3, 0.4) is 0 Å². The van der Waals surface area contributed by atoms with Crippen molar-refractivity contribution in [2.75, 3.05) is 0 Å². The Balaban J connectivity index is 1.89. The molecule has 0 aliphatic rings. The molecule has 21 heavy (non-hydrogen) atoms. The van der Waals surface area contributed by atoms with Gasteiger partial charge in [0.1, 0.15) is 10.4 Å². The molecule has 0 radical (unpaired) electrons. The molecule has 0 saturated heterocycles. The maximum Gasteiger partial charge on any atom is 0.433 e. The van der Waals surface area contributed by atoms with E-state index in [1.165, 1.54) is 12.1 Å². The molecule has 4 rings (SSSR count). The van der Waals surface area contributed by atoms with E-state index < -0.39 is 4.92 Å². The average molecular weight is 281 g/mol. The zero-order chi connectivity index (χ0) is 14.4. The lowest BCUT2D eigenvalue weighted by molar-refractivity contribution is -0.401. The number of rotatable bonds is 2. The fraction of sp³-hybridized carbons (Fsp3) is 0. The first-order valence-electron chi connectivity index (χ1n) is 6.08. The van der Waals surface area contributed by atoms with Gasteiger partial charge in [-0.3, -0.25) is 10.1 Å². The van der Waals surface area contributed by atoms with Gasteiger partial charge in [0.15, 0.2) is 11.4 Å². The highest BCUT2D eigenvalue weighted by molar-refractivity contribution is 6.03. The second kappa shape index (κ2) is 4.10. The largest absolute Gasteiger partial charge is 0.433 e. The lowest BCUT2D eigenvalue weighted by Gasteiger charge is -1.93. The summed E-state index contributed by atoms with van der Waals surface area (Å²) >= 11 is 0. The summed E-state index contributed by atoms with van der Waals surface area (Å²) in [6, 6.07) is 10.3. The summed E-state index contributed by atoms with van der Waals surface area (Å²) in [6.07, 6.45) is 0. The SMILES string of the molecule is O=[N+]([O-])c1ccc(-c2nnc3c(n2)[nH]c2ccccc23)o1. The minimum absolute atomic E-state index is 0.196. The van der Waals surface area contributed by atoms with E-state index in [2.05, 4.69) is 20.2 Å². The molecule has 0 amide bonds. The van der Waals surface area contributed by atoms with Crippen LogP contribution < -0.4 is 0 Å². The highest BCUT2D eigenvalue weighted by Crippen LogP contribution is 2.26. The Bertz CT molecular complexity index is 988. The van der Waals surface area contributed by atoms with E-state index >= 15 is 0 Å². The third-order valence-corrected chi connectivity index (χ3v) is 3.11. The minimum Gasteiger partial charge on any atom is -0.397 e. The Morgan fingerprint density at radius 3 is 2.81 bits per heavy atom. The Morgan fingerprint density at radius 2 is 2.00 bits per heavy atom. The van der Waals surface area contributed by atoms with Crippen molar-refractivity contribution in [2.24, 2.45) is 0 Å². The summed E-state index contributed by atoms with van der Waals surface area (Å²) in [4.78, 5) is 17.5. The molecular weight excluding hydrogens is 274 g/mol. The normalized spacial score (nSPS) is 11.2. The van der Waals surface area contributed by atoms with Crippen LogP contribution in [0.25, 0.3) is 33.7 Å². The number of nitrogens with zero attached hydrogens (tertiary/aromatic N) is 4. The molecule has 0 unspecified atom stereocenters. The van der Waals surface area contributed by atoms with Crippen LogP contribution in [0.5, 0.6) is 0 Å². The average Bonchev–Trinajstić information content (AvgIpc) is 3.11. The Kier molecular flexibility index (Phi) is 2.25. The van der Waals surface area contributed by atoms with Crippen molar-refractivity contribution in [1.82, 2.24) is 20.2 Å². The number of aromatic nitrogens is 4. The summed E-state index contributed by atoms with van der Waals surface area (Å²) in [6.45, 7) is 0. The standard InChI is InChI=1S/C13H7N5O3/c19-18(20)10-6-5-9(21-10)12-15-13-11(16-17-12)7-3-1-2-4-8(7)14-13/h1-6H,(H,14,15,17). The topological polar surface area (TPSA) is 111 Å². The summed E-state index contributed by atoms with van der Waals surface area (Å²) in [5.41, 5.74) is 2.10. The van der Waals surface area contributed by atoms with E-state index in [0.717, 1.165) is 10.9 Å². The third kappa shape index (κ3) is 1.73. The monoisotopic (exact) mass is 281 g/mol. The molecule has 0 bridgehead atoms. The number of para-hydroxylation sites is 1. The molecule has 8 heteroatoms. The van der Waals surface area contributed by atoms with E-state index in [-0.39, 0.29) is 17.5 Å². The number of fused-ring (bicyclic) bond motifs is 3. The number of aromatic amines is 1. The quantitative estimate of drug-likeness (QED) is 0.446. The number of benzene rings is 1. The van der Waals surface area contributed by atoms with Crippen LogP contribution >= 0.6 is 0 Å². The van der Waals surface area contributed by atoms with Gasteiger partial charge in [-0.15, -0.1) is 10.2 Å². The van der Waals surface area contributed by atoms with Gasteiger partial charge < -0.3 is 9.40 Å². The number of hydrogen-bond donors (Lipinski definition) is 1. The molecule has 0 fully saturated rings. The number of nitrogens with one attached hydrogen (secondary N) is 1. The van der Waals surface area contributed by atoms with Gasteiger partial charge >= 0.3 is 5.88 Å². The van der Waals surface area contributed by atoms with E-state index in [0.29, 0.717) is 11.2 Å². The smallest absolute Gasteiger partial charge is 0.397 e. The van der Waals surface area contributed by atoms with Crippen molar-refractivity contribution < 1.29 is 9.34 Å². The number of furan rings is 1. The molecule has 1 aromatic carbocycles. The first-order chi connectivity index (χ1) is 10.2. The molecule has 3 aromatic heterocycles. The molecule has 4 aromatic rings. The number of hydrogen-bond acceptors (Lipinski definition) is 6. The molecule has 102 valence electrons. The second-order valence-corrected chi connectivity index (χ2v) is 4.40. The highest BCUT2D eigenvalue weighted by atomic mass is 16.6. The van der Waals surface area contributed by atoms with Crippen LogP contribution in [0.1, 0.15) is 0 Å². The van der Waals surface area contributed by atoms with Crippen molar-refractivity contribution >= 4 is 28.0 Å². The molecule has 0 aliphatic carbocycles. The maximum absolute atomic E-state index is 10.6. The predicted octanol–water partition coefficient (Wildman–Crippen LogP) is 2.67. The van der Waals surface area contributed by atoms with Gasteiger partial charge in [-0.1, -0.05) is 18.2 Å². The van der Waals surface area contributed by atoms with Gasteiger partial charge in [-0.05, 0) is 12.1 Å². The van der Waals surface area contributed by atoms with Gasteiger partial charge in [0.2, 0.25) is 5.82 Å². The molecule has 8 nitrogen and oxygen atoms in total. The van der Waals surface area contributed by atoms with E-state index in [4.69, 9.17) is 4.42 Å². The van der Waals surface area contributed by atoms with Crippen molar-refractivity contribution in [2.45, 2.75) is 0 Å². The first-order valence-corrected chi connectivity index (χ1v) is 6.08. The summed E-state index contributed by atoms with van der Waals surface area (Å²) < 4.78 is 5.08. The van der Waals surface area contributed by atoms with Crippen LogP contribution in [0.2, 0.25) is 0 Å². The minimum atomic E-state index is -0.613. The Labute approximate surface area is 116 Å². The van der Waals surface area contributed by atoms with E-state index in [1.807, 2.05) is 24.3 Å². The van der Waals surface area contributed by atoms with Crippen LogP contribution in [-0.4, -0.2) is 25.1 Å². The second-order valence-electron chi connectivity index (χ2n) is 4.40. The lowest BCUT2D eigenvalue weighted by Crippen LogP contribution is -1.92. The summed E-state index contributed by atoms with van der Waals surface area (Å²) in [7, 11) is 0. The molecule has 1 N–H and O–H groups in total. The van der Waals surface area contributed by atoms with Crippen molar-refractivity contribution in [1.29, 1.82) is 0 Å². The fourth-order valence-electron chi connectivity index (χ4n) is 2.17. The van der Waals surface area contributed by atoms with E-state index in [1.54, 1.807) is 0 Å². The van der Waals surface area contributed by atoms with Crippen LogP contribution in [0.4, 0.5) is 5.88 Å². The molecular formula is C13H7N5O3. The third-order valence-electron chi connectivity index (χ3n) is 3.11. The van der Waals surface area contributed by atoms with Crippen LogP contribution in [0.15, 0.2) is 40.8 Å². The highest BCUT2D eigenvalue weighted by Gasteiger charge is 2.16. The Morgan fingerprint density at radius 1 is 1.14 bits per heavy atom. The van der Waals surface area contributed by atoms with Crippen molar-refractivity contribution in [3.05, 3.63) is 46.5 Å². The first kappa shape index (κ1) is 11.5. The molecule has 0 aliphatic heterocycles. The molecule has 3 heterocycles. The van der Waals surface area contributed by atoms with Gasteiger partial charge in [-0.2, -0.15) is 0 Å². The summed E-state index contributed by atoms with van der Waals surface area (Å²) in [5.74, 6) is 0.0438. The maximum atomic E-state index is 10.6. The van der Waals surface area contributed by atoms with Crippen LogP contribution in [0, 0.1) is 10.1 Å². The zero-order valence-electron chi connectivity index (χ0n) is 10.5. The lowest BCUT2D eigenvalue weighted by atomic mass is 10.2. The van der Waals surface area contributed by atoms with Gasteiger partial charge in [0.05, 0.1) is 6.07 Å². The number of nitro groups is 1.